The molecule has 2 aromatic heterocycles. The van der Waals surface area contributed by atoms with Crippen LogP contribution in [0.4, 0.5) is 11.5 Å². The van der Waals surface area contributed by atoms with Gasteiger partial charge in [0.25, 0.3) is 5.56 Å². The highest BCUT2D eigenvalue weighted by molar-refractivity contribution is 6.30. The third-order valence-corrected chi connectivity index (χ3v) is 6.66. The summed E-state index contributed by atoms with van der Waals surface area (Å²) in [4.78, 5) is 17.6. The van der Waals surface area contributed by atoms with Crippen molar-refractivity contribution in [1.29, 1.82) is 5.26 Å². The molecular formula is C22H23ClN6O2. The average molecular weight is 439 g/mol. The number of halogens is 1. The van der Waals surface area contributed by atoms with Gasteiger partial charge in [-0.05, 0) is 49.6 Å². The summed E-state index contributed by atoms with van der Waals surface area (Å²) in [5, 5.41) is 28.6. The lowest BCUT2D eigenvalue weighted by Gasteiger charge is -2.45. The summed E-state index contributed by atoms with van der Waals surface area (Å²) in [5.41, 5.74) is 1.26. The summed E-state index contributed by atoms with van der Waals surface area (Å²) in [7, 11) is 0. The highest BCUT2D eigenvalue weighted by atomic mass is 35.5. The fourth-order valence-corrected chi connectivity index (χ4v) is 4.92. The predicted molar refractivity (Wildman–Crippen MR) is 118 cm³/mol. The Bertz CT molecular complexity index is 1190. The maximum Gasteiger partial charge on any atom is 0.261 e. The Labute approximate surface area is 184 Å². The number of nitrogens with one attached hydrogen (secondary N) is 2. The van der Waals surface area contributed by atoms with E-state index in [0.29, 0.717) is 40.9 Å². The fourth-order valence-electron chi connectivity index (χ4n) is 4.79. The first kappa shape index (κ1) is 20.1. The van der Waals surface area contributed by atoms with Crippen molar-refractivity contribution < 1.29 is 5.11 Å². The molecule has 3 heterocycles. The van der Waals surface area contributed by atoms with Crippen LogP contribution >= 0.6 is 11.6 Å². The third kappa shape index (κ3) is 3.69. The number of likely N-dealkylation sites (tertiary alicyclic amines) is 1. The van der Waals surface area contributed by atoms with Crippen molar-refractivity contribution >= 4 is 34.0 Å². The molecule has 3 atom stereocenters. The van der Waals surface area contributed by atoms with Crippen molar-refractivity contribution in [2.45, 2.75) is 37.5 Å². The number of aliphatic hydroxyl groups is 1. The van der Waals surface area contributed by atoms with Gasteiger partial charge < -0.3 is 15.4 Å². The van der Waals surface area contributed by atoms with Crippen LogP contribution in [0.3, 0.4) is 0 Å². The molecule has 9 heteroatoms. The zero-order valence-corrected chi connectivity index (χ0v) is 17.6. The van der Waals surface area contributed by atoms with Crippen molar-refractivity contribution in [2.24, 2.45) is 5.92 Å². The van der Waals surface area contributed by atoms with Crippen LogP contribution in [0, 0.1) is 17.2 Å². The van der Waals surface area contributed by atoms with E-state index in [0.717, 1.165) is 24.9 Å². The van der Waals surface area contributed by atoms with Crippen molar-refractivity contribution in [1.82, 2.24) is 19.7 Å². The standard InChI is InChI=1S/C22H23ClN6O2/c23-14-1-3-15(4-2-14)26-21-20-19(7-8-25-22(20)31)29(27-21)18-6-5-16(9-13(18)10-24)28-11-17(30)12-28/h1-4,7-8,13,16-18,30H,5-6,9,11-12H2,(H,25,31)(H,26,27). The lowest BCUT2D eigenvalue weighted by atomic mass is 9.80. The number of aromatic nitrogens is 3. The maximum absolute atomic E-state index is 12.6. The molecule has 3 N–H and O–H groups in total. The predicted octanol–water partition coefficient (Wildman–Crippen LogP) is 3.03. The molecule has 1 saturated carbocycles. The van der Waals surface area contributed by atoms with Crippen LogP contribution in [0.15, 0.2) is 41.3 Å². The molecule has 1 aliphatic heterocycles. The zero-order chi connectivity index (χ0) is 21.5. The van der Waals surface area contributed by atoms with E-state index in [9.17, 15) is 15.2 Å². The number of H-pyrrole nitrogens is 1. The summed E-state index contributed by atoms with van der Waals surface area (Å²) in [6, 6.07) is 11.7. The van der Waals surface area contributed by atoms with Gasteiger partial charge in [0.1, 0.15) is 5.39 Å². The molecule has 5 rings (SSSR count). The largest absolute Gasteiger partial charge is 0.390 e. The number of hydrogen-bond acceptors (Lipinski definition) is 6. The van der Waals surface area contributed by atoms with E-state index < -0.39 is 0 Å². The molecule has 31 heavy (non-hydrogen) atoms. The van der Waals surface area contributed by atoms with Gasteiger partial charge in [-0.25, -0.2) is 0 Å². The number of β-amino-alcohol motifs (C(OH)–C–C–N with tert-alkyl or cyclic N) is 1. The zero-order valence-electron chi connectivity index (χ0n) is 16.8. The minimum Gasteiger partial charge on any atom is -0.390 e. The Morgan fingerprint density at radius 3 is 2.71 bits per heavy atom. The van der Waals surface area contributed by atoms with Crippen LogP contribution in [0.2, 0.25) is 5.02 Å². The molecular weight excluding hydrogens is 416 g/mol. The molecule has 0 spiro atoms. The fraction of sp³-hybridized carbons (Fsp3) is 0.409. The van der Waals surface area contributed by atoms with Crippen LogP contribution in [-0.4, -0.2) is 50.0 Å². The van der Waals surface area contributed by atoms with E-state index in [2.05, 4.69) is 21.3 Å². The van der Waals surface area contributed by atoms with Crippen molar-refractivity contribution in [3.63, 3.8) is 0 Å². The molecule has 3 aromatic rings. The Hall–Kier alpha value is -2.86. The average Bonchev–Trinajstić information content (AvgIpc) is 3.12. The minimum absolute atomic E-state index is 0.113. The SMILES string of the molecule is N#CC1CC(N2CC(O)C2)CCC1n1nc(Nc2ccc(Cl)cc2)c2c(=O)[nH]ccc21. The molecule has 1 saturated heterocycles. The number of fused-ring (bicyclic) bond motifs is 1. The van der Waals surface area contributed by atoms with Crippen molar-refractivity contribution in [3.05, 3.63) is 51.9 Å². The Balaban J connectivity index is 1.48. The molecule has 8 nitrogen and oxygen atoms in total. The highest BCUT2D eigenvalue weighted by Gasteiger charge is 2.39. The molecule has 160 valence electrons. The molecule has 3 unspecified atom stereocenters. The van der Waals surface area contributed by atoms with Crippen LogP contribution in [0.25, 0.3) is 10.9 Å². The van der Waals surface area contributed by atoms with E-state index in [1.54, 1.807) is 18.3 Å². The van der Waals surface area contributed by atoms with Gasteiger partial charge in [0, 0.05) is 36.0 Å². The molecule has 2 aliphatic rings. The van der Waals surface area contributed by atoms with Gasteiger partial charge in [0.15, 0.2) is 5.82 Å². The number of pyridine rings is 1. The van der Waals surface area contributed by atoms with Gasteiger partial charge in [0.2, 0.25) is 0 Å². The number of nitriles is 1. The molecule has 1 aromatic carbocycles. The quantitative estimate of drug-likeness (QED) is 0.577. The Kier molecular flexibility index (Phi) is 5.18. The molecule has 2 fully saturated rings. The van der Waals surface area contributed by atoms with E-state index in [1.807, 2.05) is 22.9 Å². The first-order valence-electron chi connectivity index (χ1n) is 10.5. The molecule has 0 radical (unpaired) electrons. The number of rotatable bonds is 4. The van der Waals surface area contributed by atoms with Gasteiger partial charge in [-0.1, -0.05) is 11.6 Å². The lowest BCUT2D eigenvalue weighted by Crippen LogP contribution is -2.56. The number of hydrogen-bond donors (Lipinski definition) is 3. The molecule has 0 amide bonds. The monoisotopic (exact) mass is 438 g/mol. The summed E-state index contributed by atoms with van der Waals surface area (Å²) in [6.45, 7) is 1.37. The number of nitrogens with zero attached hydrogens (tertiary/aromatic N) is 4. The van der Waals surface area contributed by atoms with Crippen LogP contribution in [0.1, 0.15) is 25.3 Å². The second-order valence-corrected chi connectivity index (χ2v) is 8.81. The minimum atomic E-state index is -0.249. The molecule has 1 aliphatic carbocycles. The van der Waals surface area contributed by atoms with E-state index in [-0.39, 0.29) is 23.6 Å². The van der Waals surface area contributed by atoms with Crippen molar-refractivity contribution in [3.8, 4) is 6.07 Å². The van der Waals surface area contributed by atoms with Gasteiger partial charge in [-0.2, -0.15) is 10.4 Å². The summed E-state index contributed by atoms with van der Waals surface area (Å²) in [6.07, 6.45) is 3.82. The highest BCUT2D eigenvalue weighted by Crippen LogP contribution is 2.39. The smallest absolute Gasteiger partial charge is 0.261 e. The van der Waals surface area contributed by atoms with E-state index in [1.165, 1.54) is 0 Å². The second-order valence-electron chi connectivity index (χ2n) is 8.37. The maximum atomic E-state index is 12.6. The normalized spacial score (nSPS) is 24.6. The second kappa shape index (κ2) is 8.00. The van der Waals surface area contributed by atoms with Gasteiger partial charge in [-0.3, -0.25) is 14.4 Å². The Morgan fingerprint density at radius 1 is 1.23 bits per heavy atom. The molecule has 0 bridgehead atoms. The van der Waals surface area contributed by atoms with Gasteiger partial charge in [0.05, 0.1) is 29.6 Å². The van der Waals surface area contributed by atoms with E-state index in [4.69, 9.17) is 16.7 Å². The van der Waals surface area contributed by atoms with Crippen LogP contribution in [-0.2, 0) is 0 Å². The van der Waals surface area contributed by atoms with Crippen LogP contribution in [0.5, 0.6) is 0 Å². The first-order valence-corrected chi connectivity index (χ1v) is 10.9. The number of anilines is 2. The number of aliphatic hydroxyl groups excluding tert-OH is 1. The lowest BCUT2D eigenvalue weighted by molar-refractivity contribution is -0.0403. The van der Waals surface area contributed by atoms with E-state index >= 15 is 0 Å². The summed E-state index contributed by atoms with van der Waals surface area (Å²) >= 11 is 5.98. The first-order chi connectivity index (χ1) is 15.0. The van der Waals surface area contributed by atoms with Gasteiger partial charge in [-0.15, -0.1) is 0 Å². The summed E-state index contributed by atoms with van der Waals surface area (Å²) in [5.74, 6) is 0.242. The number of aromatic amines is 1. The van der Waals surface area contributed by atoms with Crippen LogP contribution < -0.4 is 10.9 Å². The Morgan fingerprint density at radius 2 is 2.00 bits per heavy atom. The summed E-state index contributed by atoms with van der Waals surface area (Å²) < 4.78 is 1.85. The topological polar surface area (TPSA) is 110 Å². The van der Waals surface area contributed by atoms with Gasteiger partial charge >= 0.3 is 0 Å². The third-order valence-electron chi connectivity index (χ3n) is 6.41. The van der Waals surface area contributed by atoms with Crippen molar-refractivity contribution in [2.75, 3.05) is 18.4 Å². The number of benzene rings is 1.